The number of ether oxygens (including phenoxy) is 2. The smallest absolute Gasteiger partial charge is 0.326 e. The molecule has 122 valence electrons. The number of carbonyl (C=O) groups is 1. The Labute approximate surface area is 128 Å². The zero-order chi connectivity index (χ0) is 15.3. The van der Waals surface area contributed by atoms with Gasteiger partial charge in [-0.25, -0.2) is 0 Å². The molecular formula is C16H30N2O3. The van der Waals surface area contributed by atoms with Crippen LogP contribution in [0.5, 0.6) is 0 Å². The molecule has 0 radical (unpaired) electrons. The molecule has 1 aliphatic heterocycles. The van der Waals surface area contributed by atoms with Gasteiger partial charge in [-0.3, -0.25) is 4.79 Å². The molecule has 0 aromatic rings. The van der Waals surface area contributed by atoms with Crippen LogP contribution in [0, 0.1) is 5.92 Å². The van der Waals surface area contributed by atoms with Gasteiger partial charge < -0.3 is 20.1 Å². The van der Waals surface area contributed by atoms with Crippen LogP contribution in [0.2, 0.25) is 0 Å². The van der Waals surface area contributed by atoms with E-state index in [9.17, 15) is 4.79 Å². The highest BCUT2D eigenvalue weighted by molar-refractivity contribution is 5.81. The van der Waals surface area contributed by atoms with Crippen LogP contribution in [0.3, 0.4) is 0 Å². The van der Waals surface area contributed by atoms with Crippen LogP contribution in [0.4, 0.5) is 0 Å². The molecule has 0 aromatic heterocycles. The third-order valence-corrected chi connectivity index (χ3v) is 5.17. The molecule has 2 atom stereocenters. The van der Waals surface area contributed by atoms with Gasteiger partial charge in [-0.15, -0.1) is 0 Å². The van der Waals surface area contributed by atoms with Crippen molar-refractivity contribution in [2.24, 2.45) is 11.7 Å². The van der Waals surface area contributed by atoms with Crippen molar-refractivity contribution in [2.75, 3.05) is 33.4 Å². The first-order chi connectivity index (χ1) is 10.1. The van der Waals surface area contributed by atoms with E-state index >= 15 is 0 Å². The molecule has 1 heterocycles. The van der Waals surface area contributed by atoms with Crippen LogP contribution in [0.25, 0.3) is 0 Å². The summed E-state index contributed by atoms with van der Waals surface area (Å²) in [6, 6.07) is 0.606. The van der Waals surface area contributed by atoms with Crippen LogP contribution >= 0.6 is 0 Å². The van der Waals surface area contributed by atoms with Gasteiger partial charge in [-0.2, -0.15) is 0 Å². The Morgan fingerprint density at radius 3 is 2.76 bits per heavy atom. The van der Waals surface area contributed by atoms with Crippen molar-refractivity contribution in [1.29, 1.82) is 0 Å². The highest BCUT2D eigenvalue weighted by atomic mass is 16.5. The van der Waals surface area contributed by atoms with Gasteiger partial charge in [0.25, 0.3) is 0 Å². The van der Waals surface area contributed by atoms with Gasteiger partial charge in [0.15, 0.2) is 0 Å². The summed E-state index contributed by atoms with van der Waals surface area (Å²) < 4.78 is 10.6. The largest absolute Gasteiger partial charge is 0.465 e. The topological polar surface area (TPSA) is 64.8 Å². The Bertz CT molecular complexity index is 344. The molecule has 5 nitrogen and oxygen atoms in total. The van der Waals surface area contributed by atoms with E-state index in [-0.39, 0.29) is 11.9 Å². The maximum Gasteiger partial charge on any atom is 0.326 e. The summed E-state index contributed by atoms with van der Waals surface area (Å²) in [5.41, 5.74) is 5.63. The molecule has 1 saturated heterocycles. The standard InChI is InChI=1S/C16H30N2O3/c1-3-21-15(19)16(17)9-4-5-13(16)6-10-18(2)14-7-11-20-12-8-14/h13-14H,3-12,17H2,1-2H3. The minimum absolute atomic E-state index is 0.207. The van der Waals surface area contributed by atoms with Crippen molar-refractivity contribution in [3.05, 3.63) is 0 Å². The van der Waals surface area contributed by atoms with Gasteiger partial charge in [0, 0.05) is 19.3 Å². The molecule has 2 fully saturated rings. The lowest BCUT2D eigenvalue weighted by Gasteiger charge is -2.34. The first-order valence-corrected chi connectivity index (χ1v) is 8.32. The van der Waals surface area contributed by atoms with E-state index in [1.165, 1.54) is 0 Å². The van der Waals surface area contributed by atoms with Gasteiger partial charge in [-0.1, -0.05) is 6.42 Å². The summed E-state index contributed by atoms with van der Waals surface area (Å²) in [5, 5.41) is 0. The summed E-state index contributed by atoms with van der Waals surface area (Å²) in [5.74, 6) is 0.0417. The number of esters is 1. The van der Waals surface area contributed by atoms with Gasteiger partial charge in [0.05, 0.1) is 6.61 Å². The van der Waals surface area contributed by atoms with E-state index in [1.54, 1.807) is 0 Å². The number of hydrogen-bond donors (Lipinski definition) is 1. The van der Waals surface area contributed by atoms with Crippen molar-refractivity contribution in [1.82, 2.24) is 4.90 Å². The Hall–Kier alpha value is -0.650. The second-order valence-corrected chi connectivity index (χ2v) is 6.46. The van der Waals surface area contributed by atoms with Crippen LogP contribution in [0.15, 0.2) is 0 Å². The van der Waals surface area contributed by atoms with Crippen LogP contribution < -0.4 is 5.73 Å². The van der Waals surface area contributed by atoms with E-state index in [4.69, 9.17) is 15.2 Å². The summed E-state index contributed by atoms with van der Waals surface area (Å²) in [6.07, 6.45) is 6.01. The van der Waals surface area contributed by atoms with Crippen molar-refractivity contribution in [2.45, 2.75) is 57.0 Å². The van der Waals surface area contributed by atoms with Crippen LogP contribution in [-0.2, 0) is 14.3 Å². The Morgan fingerprint density at radius 2 is 2.10 bits per heavy atom. The lowest BCUT2D eigenvalue weighted by molar-refractivity contribution is -0.151. The zero-order valence-corrected chi connectivity index (χ0v) is 13.5. The van der Waals surface area contributed by atoms with E-state index in [0.717, 1.165) is 58.3 Å². The molecule has 2 N–H and O–H groups in total. The fraction of sp³-hybridized carbons (Fsp3) is 0.938. The van der Waals surface area contributed by atoms with Gasteiger partial charge in [0.1, 0.15) is 5.54 Å². The van der Waals surface area contributed by atoms with E-state index in [0.29, 0.717) is 12.6 Å². The minimum atomic E-state index is -0.757. The quantitative estimate of drug-likeness (QED) is 0.754. The van der Waals surface area contributed by atoms with Crippen molar-refractivity contribution in [3.63, 3.8) is 0 Å². The van der Waals surface area contributed by atoms with Gasteiger partial charge in [0.2, 0.25) is 0 Å². The number of hydrogen-bond acceptors (Lipinski definition) is 5. The molecule has 1 aliphatic carbocycles. The van der Waals surface area contributed by atoms with Crippen molar-refractivity contribution in [3.8, 4) is 0 Å². The maximum absolute atomic E-state index is 12.1. The normalized spacial score (nSPS) is 30.8. The fourth-order valence-electron chi connectivity index (χ4n) is 3.71. The SMILES string of the molecule is CCOC(=O)C1(N)CCCC1CCN(C)C1CCOCC1. The molecule has 1 saturated carbocycles. The Balaban J connectivity index is 1.84. The molecule has 5 heteroatoms. The van der Waals surface area contributed by atoms with Gasteiger partial charge in [-0.05, 0) is 58.5 Å². The summed E-state index contributed by atoms with van der Waals surface area (Å²) in [4.78, 5) is 14.6. The highest BCUT2D eigenvalue weighted by Crippen LogP contribution is 2.37. The Kier molecular flexibility index (Phi) is 6.02. The van der Waals surface area contributed by atoms with E-state index < -0.39 is 5.54 Å². The molecule has 0 amide bonds. The molecule has 0 spiro atoms. The third-order valence-electron chi connectivity index (χ3n) is 5.17. The predicted octanol–water partition coefficient (Wildman–Crippen LogP) is 1.55. The monoisotopic (exact) mass is 298 g/mol. The highest BCUT2D eigenvalue weighted by Gasteiger charge is 2.46. The molecule has 21 heavy (non-hydrogen) atoms. The van der Waals surface area contributed by atoms with Crippen LogP contribution in [-0.4, -0.2) is 55.9 Å². The molecule has 2 unspecified atom stereocenters. The first-order valence-electron chi connectivity index (χ1n) is 8.32. The number of nitrogens with zero attached hydrogens (tertiary/aromatic N) is 1. The zero-order valence-electron chi connectivity index (χ0n) is 13.5. The molecule has 0 bridgehead atoms. The average Bonchev–Trinajstić information content (AvgIpc) is 2.88. The van der Waals surface area contributed by atoms with Gasteiger partial charge >= 0.3 is 5.97 Å². The van der Waals surface area contributed by atoms with Crippen LogP contribution in [0.1, 0.15) is 45.4 Å². The first kappa shape index (κ1) is 16.7. The molecular weight excluding hydrogens is 268 g/mol. The molecule has 2 rings (SSSR count). The third kappa shape index (κ3) is 3.96. The minimum Gasteiger partial charge on any atom is -0.465 e. The number of rotatable bonds is 6. The molecule has 0 aromatic carbocycles. The van der Waals surface area contributed by atoms with E-state index in [2.05, 4.69) is 11.9 Å². The van der Waals surface area contributed by atoms with Crippen molar-refractivity contribution >= 4 is 5.97 Å². The second kappa shape index (κ2) is 7.56. The lowest BCUT2D eigenvalue weighted by Crippen LogP contribution is -2.52. The lowest BCUT2D eigenvalue weighted by atomic mass is 9.85. The summed E-state index contributed by atoms with van der Waals surface area (Å²) >= 11 is 0. The Morgan fingerprint density at radius 1 is 1.38 bits per heavy atom. The number of nitrogens with two attached hydrogens (primary N) is 1. The summed E-state index contributed by atoms with van der Waals surface area (Å²) in [7, 11) is 2.17. The summed E-state index contributed by atoms with van der Waals surface area (Å²) in [6.45, 7) is 4.97. The predicted molar refractivity (Wildman–Crippen MR) is 82.0 cm³/mol. The van der Waals surface area contributed by atoms with E-state index in [1.807, 2.05) is 6.92 Å². The second-order valence-electron chi connectivity index (χ2n) is 6.46. The number of carbonyl (C=O) groups excluding carboxylic acids is 1. The average molecular weight is 298 g/mol. The van der Waals surface area contributed by atoms with Crippen molar-refractivity contribution < 1.29 is 14.3 Å². The fourth-order valence-corrected chi connectivity index (χ4v) is 3.71. The maximum atomic E-state index is 12.1. The molecule has 2 aliphatic rings.